The number of carbonyl (C=O) groups excluding carboxylic acids is 2. The molecular formula is C15H21NO5. The molecule has 0 aliphatic rings. The molecule has 0 aliphatic carbocycles. The monoisotopic (exact) mass is 295 g/mol. The zero-order valence-electron chi connectivity index (χ0n) is 12.5. The highest BCUT2D eigenvalue weighted by Gasteiger charge is 2.28. The fourth-order valence-corrected chi connectivity index (χ4v) is 1.99. The van der Waals surface area contributed by atoms with Crippen molar-refractivity contribution in [1.82, 2.24) is 4.90 Å². The fraction of sp³-hybridized carbons (Fsp3) is 0.467. The van der Waals surface area contributed by atoms with Crippen molar-refractivity contribution < 1.29 is 24.2 Å². The Labute approximate surface area is 124 Å². The minimum atomic E-state index is -1.21. The van der Waals surface area contributed by atoms with Gasteiger partial charge in [0.15, 0.2) is 0 Å². The van der Waals surface area contributed by atoms with E-state index in [-0.39, 0.29) is 19.6 Å². The molecule has 6 nitrogen and oxygen atoms in total. The van der Waals surface area contributed by atoms with E-state index >= 15 is 0 Å². The molecule has 1 rings (SSSR count). The molecule has 1 N–H and O–H groups in total. The Morgan fingerprint density at radius 1 is 1.10 bits per heavy atom. The Morgan fingerprint density at radius 3 is 2.00 bits per heavy atom. The number of carbonyl (C=O) groups is 2. The summed E-state index contributed by atoms with van der Waals surface area (Å²) in [6, 6.07) is 9.05. The molecule has 0 saturated carbocycles. The first-order chi connectivity index (χ1) is 9.89. The lowest BCUT2D eigenvalue weighted by Crippen LogP contribution is -2.44. The molecule has 0 aromatic heterocycles. The summed E-state index contributed by atoms with van der Waals surface area (Å²) in [7, 11) is 2.54. The van der Waals surface area contributed by atoms with Crippen molar-refractivity contribution >= 4 is 11.9 Å². The lowest BCUT2D eigenvalue weighted by Gasteiger charge is -2.30. The second-order valence-corrected chi connectivity index (χ2v) is 4.94. The Hall–Kier alpha value is -1.92. The highest BCUT2D eigenvalue weighted by molar-refractivity contribution is 5.74. The van der Waals surface area contributed by atoms with Crippen molar-refractivity contribution in [3.8, 4) is 0 Å². The SMILES string of the molecule is COC(=O)CN(CC(=O)OC)CC(C)(O)c1ccccc1. The van der Waals surface area contributed by atoms with Gasteiger partial charge in [0.2, 0.25) is 0 Å². The Bertz CT molecular complexity index is 454. The van der Waals surface area contributed by atoms with Crippen LogP contribution in [0.2, 0.25) is 0 Å². The van der Waals surface area contributed by atoms with Gasteiger partial charge >= 0.3 is 11.9 Å². The molecule has 116 valence electrons. The van der Waals surface area contributed by atoms with Crippen LogP contribution in [0.3, 0.4) is 0 Å². The molecule has 0 saturated heterocycles. The van der Waals surface area contributed by atoms with E-state index in [4.69, 9.17) is 0 Å². The van der Waals surface area contributed by atoms with Gasteiger partial charge in [-0.25, -0.2) is 0 Å². The molecule has 0 fully saturated rings. The van der Waals surface area contributed by atoms with Gasteiger partial charge in [-0.3, -0.25) is 14.5 Å². The third-order valence-corrected chi connectivity index (χ3v) is 3.09. The standard InChI is InChI=1S/C15H21NO5/c1-15(19,12-7-5-4-6-8-12)11-16(9-13(17)20-2)10-14(18)21-3/h4-8,19H,9-11H2,1-3H3. The number of ether oxygens (including phenoxy) is 2. The van der Waals surface area contributed by atoms with E-state index in [2.05, 4.69) is 9.47 Å². The van der Waals surface area contributed by atoms with E-state index in [1.54, 1.807) is 19.1 Å². The van der Waals surface area contributed by atoms with Gasteiger partial charge in [-0.15, -0.1) is 0 Å². The molecule has 1 aromatic carbocycles. The van der Waals surface area contributed by atoms with Crippen molar-refractivity contribution in [2.24, 2.45) is 0 Å². The summed E-state index contributed by atoms with van der Waals surface area (Å²) in [5, 5.41) is 10.6. The zero-order chi connectivity index (χ0) is 15.9. The molecule has 0 amide bonds. The number of nitrogens with zero attached hydrogens (tertiary/aromatic N) is 1. The Kier molecular flexibility index (Phi) is 6.33. The van der Waals surface area contributed by atoms with Gasteiger partial charge in [-0.1, -0.05) is 30.3 Å². The largest absolute Gasteiger partial charge is 0.468 e. The number of hydrogen-bond acceptors (Lipinski definition) is 6. The summed E-state index contributed by atoms with van der Waals surface area (Å²) in [6.45, 7) is 1.52. The van der Waals surface area contributed by atoms with Gasteiger partial charge in [0.1, 0.15) is 0 Å². The molecule has 21 heavy (non-hydrogen) atoms. The third kappa shape index (κ3) is 5.53. The molecule has 1 unspecified atom stereocenters. The predicted molar refractivity (Wildman–Crippen MR) is 76.5 cm³/mol. The van der Waals surface area contributed by atoms with Gasteiger partial charge in [0, 0.05) is 6.54 Å². The summed E-state index contributed by atoms with van der Waals surface area (Å²) in [5.74, 6) is -0.967. The van der Waals surface area contributed by atoms with E-state index in [0.29, 0.717) is 5.56 Å². The molecule has 6 heteroatoms. The summed E-state index contributed by atoms with van der Waals surface area (Å²) in [4.78, 5) is 24.3. The highest BCUT2D eigenvalue weighted by atomic mass is 16.5. The maximum absolute atomic E-state index is 11.4. The quantitative estimate of drug-likeness (QED) is 0.740. The van der Waals surface area contributed by atoms with E-state index in [1.807, 2.05) is 18.2 Å². The van der Waals surface area contributed by atoms with Crippen LogP contribution in [-0.2, 0) is 24.7 Å². The maximum Gasteiger partial charge on any atom is 0.319 e. The first-order valence-electron chi connectivity index (χ1n) is 6.53. The molecule has 0 spiro atoms. The van der Waals surface area contributed by atoms with Crippen LogP contribution in [0.25, 0.3) is 0 Å². The number of benzene rings is 1. The summed E-state index contributed by atoms with van der Waals surface area (Å²) in [6.07, 6.45) is 0. The van der Waals surface area contributed by atoms with Crippen LogP contribution in [0, 0.1) is 0 Å². The maximum atomic E-state index is 11.4. The molecule has 0 bridgehead atoms. The lowest BCUT2D eigenvalue weighted by molar-refractivity contribution is -0.146. The van der Waals surface area contributed by atoms with E-state index in [9.17, 15) is 14.7 Å². The van der Waals surface area contributed by atoms with Crippen LogP contribution in [0.15, 0.2) is 30.3 Å². The predicted octanol–water partition coefficient (Wildman–Crippen LogP) is 0.542. The summed E-state index contributed by atoms with van der Waals surface area (Å²) >= 11 is 0. The van der Waals surface area contributed by atoms with Gasteiger partial charge in [0.25, 0.3) is 0 Å². The van der Waals surface area contributed by atoms with E-state index < -0.39 is 17.5 Å². The van der Waals surface area contributed by atoms with Crippen molar-refractivity contribution in [2.45, 2.75) is 12.5 Å². The second kappa shape index (κ2) is 7.75. The first-order valence-corrected chi connectivity index (χ1v) is 6.53. The highest BCUT2D eigenvalue weighted by Crippen LogP contribution is 2.21. The van der Waals surface area contributed by atoms with Crippen LogP contribution in [0.1, 0.15) is 12.5 Å². The van der Waals surface area contributed by atoms with Crippen molar-refractivity contribution in [3.05, 3.63) is 35.9 Å². The number of esters is 2. The van der Waals surface area contributed by atoms with Crippen LogP contribution in [0.5, 0.6) is 0 Å². The second-order valence-electron chi connectivity index (χ2n) is 4.94. The normalized spacial score (nSPS) is 13.6. The third-order valence-electron chi connectivity index (χ3n) is 3.09. The first kappa shape index (κ1) is 17.1. The van der Waals surface area contributed by atoms with Crippen molar-refractivity contribution in [3.63, 3.8) is 0 Å². The van der Waals surface area contributed by atoms with Gasteiger partial charge in [0.05, 0.1) is 32.9 Å². The van der Waals surface area contributed by atoms with Crippen LogP contribution < -0.4 is 0 Å². The van der Waals surface area contributed by atoms with Crippen molar-refractivity contribution in [1.29, 1.82) is 0 Å². The summed E-state index contributed by atoms with van der Waals surface area (Å²) in [5.41, 5.74) is -0.506. The topological polar surface area (TPSA) is 76.1 Å². The van der Waals surface area contributed by atoms with Gasteiger partial charge < -0.3 is 14.6 Å². The smallest absolute Gasteiger partial charge is 0.319 e. The number of rotatable bonds is 7. The summed E-state index contributed by atoms with van der Waals surface area (Å²) < 4.78 is 9.20. The zero-order valence-corrected chi connectivity index (χ0v) is 12.5. The van der Waals surface area contributed by atoms with Crippen LogP contribution in [-0.4, -0.2) is 55.8 Å². The molecule has 1 atom stereocenters. The molecule has 1 aromatic rings. The van der Waals surface area contributed by atoms with E-state index in [1.165, 1.54) is 19.1 Å². The Balaban J connectivity index is 2.83. The van der Waals surface area contributed by atoms with Crippen molar-refractivity contribution in [2.75, 3.05) is 33.9 Å². The molecular weight excluding hydrogens is 274 g/mol. The average Bonchev–Trinajstić information content (AvgIpc) is 2.47. The fourth-order valence-electron chi connectivity index (χ4n) is 1.99. The number of methoxy groups -OCH3 is 2. The molecule has 0 radical (unpaired) electrons. The number of aliphatic hydroxyl groups is 1. The van der Waals surface area contributed by atoms with Gasteiger partial charge in [-0.05, 0) is 12.5 Å². The Morgan fingerprint density at radius 2 is 1.57 bits per heavy atom. The minimum Gasteiger partial charge on any atom is -0.468 e. The van der Waals surface area contributed by atoms with Crippen LogP contribution in [0.4, 0.5) is 0 Å². The molecule has 0 aliphatic heterocycles. The number of hydrogen-bond donors (Lipinski definition) is 1. The average molecular weight is 295 g/mol. The van der Waals surface area contributed by atoms with E-state index in [0.717, 1.165) is 0 Å². The van der Waals surface area contributed by atoms with Crippen LogP contribution >= 0.6 is 0 Å². The lowest BCUT2D eigenvalue weighted by atomic mass is 9.95. The van der Waals surface area contributed by atoms with Gasteiger partial charge in [-0.2, -0.15) is 0 Å². The molecule has 0 heterocycles. The minimum absolute atomic E-state index is 0.0984.